The third-order valence-electron chi connectivity index (χ3n) is 3.08. The molecule has 0 radical (unpaired) electrons. The Balaban J connectivity index is 2.69. The van der Waals surface area contributed by atoms with Gasteiger partial charge in [0.1, 0.15) is 11.6 Å². The third-order valence-corrected chi connectivity index (χ3v) is 3.08. The second-order valence-corrected chi connectivity index (χ2v) is 4.62. The fraction of sp³-hybridized carbons (Fsp3) is 0.214. The lowest BCUT2D eigenvalue weighted by Gasteiger charge is -2.13. The highest BCUT2D eigenvalue weighted by Crippen LogP contribution is 2.35. The normalized spacial score (nSPS) is 11.3. The van der Waals surface area contributed by atoms with Crippen molar-refractivity contribution in [1.82, 2.24) is 9.97 Å². The Kier molecular flexibility index (Phi) is 4.77. The molecule has 0 aliphatic heterocycles. The molecule has 0 amide bonds. The van der Waals surface area contributed by atoms with Gasteiger partial charge in [0, 0.05) is 0 Å². The van der Waals surface area contributed by atoms with E-state index in [1.165, 1.54) is 0 Å². The number of methoxy groups -OCH3 is 2. The number of hydrogen-bond donors (Lipinski definition) is 1. The molecule has 0 unspecified atom stereocenters. The van der Waals surface area contributed by atoms with Gasteiger partial charge in [-0.05, 0) is 12.1 Å². The zero-order chi connectivity index (χ0) is 18.9. The lowest BCUT2D eigenvalue weighted by molar-refractivity contribution is -0.140. The van der Waals surface area contributed by atoms with Crippen molar-refractivity contribution in [2.75, 3.05) is 20.0 Å². The summed E-state index contributed by atoms with van der Waals surface area (Å²) in [5.74, 6) is -5.49. The molecule has 1 heterocycles. The van der Waals surface area contributed by atoms with Gasteiger partial charge in [-0.25, -0.2) is 23.5 Å². The van der Waals surface area contributed by atoms with Crippen LogP contribution in [0.2, 0.25) is 0 Å². The number of esters is 1. The van der Waals surface area contributed by atoms with Crippen molar-refractivity contribution in [1.29, 1.82) is 0 Å². The van der Waals surface area contributed by atoms with E-state index in [1.807, 2.05) is 0 Å². The minimum atomic E-state index is -5.08. The van der Waals surface area contributed by atoms with Crippen LogP contribution in [0.4, 0.5) is 27.8 Å². The average Bonchev–Trinajstić information content (AvgIpc) is 2.54. The summed E-state index contributed by atoms with van der Waals surface area (Å²) < 4.78 is 74.9. The van der Waals surface area contributed by atoms with E-state index in [0.29, 0.717) is 0 Å². The number of alkyl halides is 3. The van der Waals surface area contributed by atoms with Crippen LogP contribution < -0.4 is 10.5 Å². The summed E-state index contributed by atoms with van der Waals surface area (Å²) in [7, 11) is 2.18. The molecule has 134 valence electrons. The van der Waals surface area contributed by atoms with Crippen LogP contribution in [0.1, 0.15) is 16.1 Å². The Hall–Kier alpha value is -2.98. The largest absolute Gasteiger partial charge is 0.491 e. The van der Waals surface area contributed by atoms with Crippen LogP contribution in [-0.4, -0.2) is 30.2 Å². The first kappa shape index (κ1) is 18.4. The molecule has 0 spiro atoms. The topological polar surface area (TPSA) is 87.3 Å². The van der Waals surface area contributed by atoms with E-state index in [9.17, 15) is 26.7 Å². The fourth-order valence-corrected chi connectivity index (χ4v) is 1.96. The molecule has 6 nitrogen and oxygen atoms in total. The molecule has 25 heavy (non-hydrogen) atoms. The van der Waals surface area contributed by atoms with E-state index in [-0.39, 0.29) is 17.9 Å². The van der Waals surface area contributed by atoms with Gasteiger partial charge in [-0.3, -0.25) is 0 Å². The van der Waals surface area contributed by atoms with Crippen molar-refractivity contribution >= 4 is 11.8 Å². The van der Waals surface area contributed by atoms with Crippen LogP contribution in [0, 0.1) is 11.6 Å². The first-order chi connectivity index (χ1) is 11.6. The zero-order valence-electron chi connectivity index (χ0n) is 12.7. The molecule has 0 atom stereocenters. The second-order valence-electron chi connectivity index (χ2n) is 4.62. The molecule has 2 aromatic rings. The smallest absolute Gasteiger partial charge is 0.419 e. The Morgan fingerprint density at radius 3 is 2.28 bits per heavy atom. The van der Waals surface area contributed by atoms with Gasteiger partial charge in [0.2, 0.25) is 0 Å². The molecule has 0 fully saturated rings. The van der Waals surface area contributed by atoms with Gasteiger partial charge < -0.3 is 15.2 Å². The number of nitrogens with zero attached hydrogens (tertiary/aromatic N) is 2. The molecule has 2 rings (SSSR count). The van der Waals surface area contributed by atoms with E-state index < -0.39 is 52.2 Å². The molecule has 1 aromatic heterocycles. The van der Waals surface area contributed by atoms with Crippen molar-refractivity contribution in [2.45, 2.75) is 6.18 Å². The van der Waals surface area contributed by atoms with E-state index in [0.717, 1.165) is 14.2 Å². The Morgan fingerprint density at radius 2 is 1.76 bits per heavy atom. The number of rotatable bonds is 3. The van der Waals surface area contributed by atoms with Crippen LogP contribution in [0.15, 0.2) is 12.1 Å². The van der Waals surface area contributed by atoms with Crippen molar-refractivity contribution in [3.63, 3.8) is 0 Å². The number of benzene rings is 1. The number of aromatic nitrogens is 2. The van der Waals surface area contributed by atoms with Crippen molar-refractivity contribution in [3.8, 4) is 17.1 Å². The Bertz CT molecular complexity index is 839. The van der Waals surface area contributed by atoms with Crippen LogP contribution in [0.25, 0.3) is 11.4 Å². The van der Waals surface area contributed by atoms with Crippen molar-refractivity contribution in [3.05, 3.63) is 35.0 Å². The maximum atomic E-state index is 14.0. The SMILES string of the molecule is COC(=O)c1nc(-c2cc(F)c(C(F)(F)F)cc2F)nc(N)c1OC. The number of carbonyl (C=O) groups excluding carboxylic acids is 1. The molecular formula is C14H10F5N3O3. The van der Waals surface area contributed by atoms with Crippen molar-refractivity contribution in [2.24, 2.45) is 0 Å². The molecule has 1 aromatic carbocycles. The van der Waals surface area contributed by atoms with Crippen molar-refractivity contribution < 1.29 is 36.2 Å². The summed E-state index contributed by atoms with van der Waals surface area (Å²) in [6.45, 7) is 0. The van der Waals surface area contributed by atoms with Gasteiger partial charge in [0.05, 0.1) is 25.3 Å². The van der Waals surface area contributed by atoms with E-state index in [1.54, 1.807) is 0 Å². The summed E-state index contributed by atoms with van der Waals surface area (Å²) in [4.78, 5) is 19.0. The fourth-order valence-electron chi connectivity index (χ4n) is 1.96. The number of nitrogens with two attached hydrogens (primary N) is 1. The highest BCUT2D eigenvalue weighted by atomic mass is 19.4. The number of nitrogen functional groups attached to an aromatic ring is 1. The molecule has 2 N–H and O–H groups in total. The Morgan fingerprint density at radius 1 is 1.12 bits per heavy atom. The number of hydrogen-bond acceptors (Lipinski definition) is 6. The molecule has 0 saturated heterocycles. The summed E-state index contributed by atoms with van der Waals surface area (Å²) in [6, 6.07) is 0.229. The summed E-state index contributed by atoms with van der Waals surface area (Å²) >= 11 is 0. The van der Waals surface area contributed by atoms with E-state index >= 15 is 0 Å². The maximum absolute atomic E-state index is 14.0. The van der Waals surface area contributed by atoms with Crippen LogP contribution in [0.3, 0.4) is 0 Å². The van der Waals surface area contributed by atoms with Gasteiger partial charge in [-0.1, -0.05) is 0 Å². The third kappa shape index (κ3) is 3.44. The van der Waals surface area contributed by atoms with E-state index in [2.05, 4.69) is 14.7 Å². The van der Waals surface area contributed by atoms with Gasteiger partial charge in [0.15, 0.2) is 23.1 Å². The Labute approximate surface area is 137 Å². The molecule has 0 aliphatic carbocycles. The minimum Gasteiger partial charge on any atom is -0.491 e. The lowest BCUT2D eigenvalue weighted by Crippen LogP contribution is -2.13. The molecule has 11 heteroatoms. The number of anilines is 1. The van der Waals surface area contributed by atoms with Gasteiger partial charge in [0.25, 0.3) is 0 Å². The van der Waals surface area contributed by atoms with Gasteiger partial charge in [-0.15, -0.1) is 0 Å². The summed E-state index contributed by atoms with van der Waals surface area (Å²) in [5, 5.41) is 0. The first-order valence-electron chi connectivity index (χ1n) is 6.46. The standard InChI is InChI=1S/C14H10F5N3O3/c1-24-10-9(13(23)25-2)21-12(22-11(10)20)5-3-8(16)6(4-7(5)15)14(17,18)19/h3-4H,1-2H3,(H2,20,21,22). The average molecular weight is 363 g/mol. The predicted octanol–water partition coefficient (Wildman–Crippen LogP) is 2.82. The molecule has 0 saturated carbocycles. The quantitative estimate of drug-likeness (QED) is 0.667. The van der Waals surface area contributed by atoms with Crippen LogP contribution >= 0.6 is 0 Å². The molecule has 0 bridgehead atoms. The molecule has 0 aliphatic rings. The monoisotopic (exact) mass is 363 g/mol. The minimum absolute atomic E-state index is 0.0355. The van der Waals surface area contributed by atoms with Gasteiger partial charge in [-0.2, -0.15) is 13.2 Å². The zero-order valence-corrected chi connectivity index (χ0v) is 12.7. The van der Waals surface area contributed by atoms with Gasteiger partial charge >= 0.3 is 12.1 Å². The van der Waals surface area contributed by atoms with Crippen LogP contribution in [0.5, 0.6) is 5.75 Å². The molecular weight excluding hydrogens is 353 g/mol. The maximum Gasteiger partial charge on any atom is 0.419 e. The number of halogens is 5. The highest BCUT2D eigenvalue weighted by Gasteiger charge is 2.35. The summed E-state index contributed by atoms with van der Waals surface area (Å²) in [5.41, 5.74) is 2.57. The summed E-state index contributed by atoms with van der Waals surface area (Å²) in [6.07, 6.45) is -5.08. The highest BCUT2D eigenvalue weighted by molar-refractivity contribution is 5.92. The predicted molar refractivity (Wildman–Crippen MR) is 74.7 cm³/mol. The van der Waals surface area contributed by atoms with E-state index in [4.69, 9.17) is 10.5 Å². The van der Waals surface area contributed by atoms with Crippen LogP contribution in [-0.2, 0) is 10.9 Å². The second kappa shape index (κ2) is 6.49. The lowest BCUT2D eigenvalue weighted by atomic mass is 10.1. The first-order valence-corrected chi connectivity index (χ1v) is 6.46. The number of ether oxygens (including phenoxy) is 2. The number of carbonyl (C=O) groups is 1.